The first-order valence-electron chi connectivity index (χ1n) is 7.13. The van der Waals surface area contributed by atoms with E-state index in [1.807, 2.05) is 18.2 Å². The van der Waals surface area contributed by atoms with Gasteiger partial charge < -0.3 is 10.6 Å². The maximum atomic E-state index is 11.7. The van der Waals surface area contributed by atoms with Crippen molar-refractivity contribution in [2.75, 3.05) is 10.6 Å². The topological polar surface area (TPSA) is 87.3 Å². The van der Waals surface area contributed by atoms with E-state index in [1.54, 1.807) is 6.07 Å². The molecule has 3 N–H and O–H groups in total. The van der Waals surface area contributed by atoms with Gasteiger partial charge in [-0.1, -0.05) is 6.07 Å². The van der Waals surface area contributed by atoms with Crippen molar-refractivity contribution in [1.82, 2.24) is 5.32 Å². The van der Waals surface area contributed by atoms with Crippen LogP contribution in [-0.4, -0.2) is 23.8 Å². The van der Waals surface area contributed by atoms with Gasteiger partial charge in [-0.05, 0) is 37.5 Å². The summed E-state index contributed by atoms with van der Waals surface area (Å²) in [4.78, 5) is 34.5. The Morgan fingerprint density at radius 1 is 1.14 bits per heavy atom. The van der Waals surface area contributed by atoms with Crippen molar-refractivity contribution in [3.8, 4) is 0 Å². The minimum atomic E-state index is -0.419. The Morgan fingerprint density at radius 3 is 2.62 bits per heavy atom. The minimum Gasteiger partial charge on any atom is -0.374 e. The van der Waals surface area contributed by atoms with Crippen LogP contribution in [0.1, 0.15) is 25.7 Å². The van der Waals surface area contributed by atoms with Gasteiger partial charge in [0.05, 0.1) is 0 Å². The molecule has 0 radical (unpaired) electrons. The molecule has 1 saturated heterocycles. The lowest BCUT2D eigenvalue weighted by molar-refractivity contribution is -0.133. The zero-order valence-corrected chi connectivity index (χ0v) is 11.5. The summed E-state index contributed by atoms with van der Waals surface area (Å²) in [5.41, 5.74) is 1.46. The van der Waals surface area contributed by atoms with Crippen molar-refractivity contribution < 1.29 is 14.4 Å². The smallest absolute Gasteiger partial charge is 0.249 e. The molecule has 110 valence electrons. The predicted molar refractivity (Wildman–Crippen MR) is 77.6 cm³/mol. The van der Waals surface area contributed by atoms with Gasteiger partial charge in [-0.25, -0.2) is 0 Å². The Labute approximate surface area is 122 Å². The van der Waals surface area contributed by atoms with E-state index in [0.29, 0.717) is 18.5 Å². The maximum absolute atomic E-state index is 11.7. The van der Waals surface area contributed by atoms with Gasteiger partial charge in [-0.3, -0.25) is 19.7 Å². The van der Waals surface area contributed by atoms with Crippen LogP contribution >= 0.6 is 0 Å². The fourth-order valence-electron chi connectivity index (χ4n) is 2.31. The first-order valence-corrected chi connectivity index (χ1v) is 7.13. The zero-order valence-electron chi connectivity index (χ0n) is 11.5. The van der Waals surface area contributed by atoms with E-state index in [-0.39, 0.29) is 23.6 Å². The monoisotopic (exact) mass is 287 g/mol. The lowest BCUT2D eigenvalue weighted by Gasteiger charge is -2.23. The summed E-state index contributed by atoms with van der Waals surface area (Å²) in [6.07, 6.45) is 2.73. The van der Waals surface area contributed by atoms with Gasteiger partial charge in [0.1, 0.15) is 6.04 Å². The van der Waals surface area contributed by atoms with Gasteiger partial charge in [0.2, 0.25) is 17.7 Å². The lowest BCUT2D eigenvalue weighted by Crippen LogP contribution is -2.47. The van der Waals surface area contributed by atoms with Crippen LogP contribution in [0, 0.1) is 5.92 Å². The summed E-state index contributed by atoms with van der Waals surface area (Å²) < 4.78 is 0. The maximum Gasteiger partial charge on any atom is 0.249 e. The fourth-order valence-corrected chi connectivity index (χ4v) is 2.31. The van der Waals surface area contributed by atoms with Crippen LogP contribution in [0.5, 0.6) is 0 Å². The number of carbonyl (C=O) groups excluding carboxylic acids is 3. The number of imide groups is 1. The highest BCUT2D eigenvalue weighted by atomic mass is 16.2. The molecule has 6 nitrogen and oxygen atoms in total. The van der Waals surface area contributed by atoms with Crippen molar-refractivity contribution in [2.45, 2.75) is 31.7 Å². The Kier molecular flexibility index (Phi) is 3.60. The van der Waals surface area contributed by atoms with Crippen molar-refractivity contribution in [3.05, 3.63) is 24.3 Å². The van der Waals surface area contributed by atoms with Gasteiger partial charge >= 0.3 is 0 Å². The van der Waals surface area contributed by atoms with Crippen LogP contribution in [0.3, 0.4) is 0 Å². The van der Waals surface area contributed by atoms with Gasteiger partial charge in [-0.15, -0.1) is 0 Å². The summed E-state index contributed by atoms with van der Waals surface area (Å²) in [7, 11) is 0. The van der Waals surface area contributed by atoms with Crippen LogP contribution in [0.2, 0.25) is 0 Å². The average Bonchev–Trinajstić information content (AvgIpc) is 3.27. The number of amides is 3. The SMILES string of the molecule is O=C1CCC(Nc2cccc(NC(=O)C3CC3)c2)C(=O)N1. The quantitative estimate of drug-likeness (QED) is 0.727. The van der Waals surface area contributed by atoms with Crippen LogP contribution in [0.15, 0.2) is 24.3 Å². The van der Waals surface area contributed by atoms with E-state index in [1.165, 1.54) is 0 Å². The normalized spacial score (nSPS) is 21.6. The number of hydrogen-bond acceptors (Lipinski definition) is 4. The van der Waals surface area contributed by atoms with E-state index >= 15 is 0 Å². The Morgan fingerprint density at radius 2 is 1.90 bits per heavy atom. The molecule has 2 fully saturated rings. The summed E-state index contributed by atoms with van der Waals surface area (Å²) in [6.45, 7) is 0. The molecule has 1 atom stereocenters. The highest BCUT2D eigenvalue weighted by molar-refractivity contribution is 6.01. The van der Waals surface area contributed by atoms with E-state index in [4.69, 9.17) is 0 Å². The predicted octanol–water partition coefficient (Wildman–Crippen LogP) is 1.25. The summed E-state index contributed by atoms with van der Waals surface area (Å²) in [5.74, 6) is -0.341. The highest BCUT2D eigenvalue weighted by Crippen LogP contribution is 2.30. The minimum absolute atomic E-state index is 0.0492. The number of rotatable bonds is 4. The van der Waals surface area contributed by atoms with Crippen molar-refractivity contribution in [2.24, 2.45) is 5.92 Å². The molecule has 21 heavy (non-hydrogen) atoms. The zero-order chi connectivity index (χ0) is 14.8. The molecule has 1 heterocycles. The second-order valence-electron chi connectivity index (χ2n) is 5.49. The molecule has 0 aromatic heterocycles. The van der Waals surface area contributed by atoms with E-state index in [2.05, 4.69) is 16.0 Å². The second kappa shape index (κ2) is 5.55. The third-order valence-corrected chi connectivity index (χ3v) is 3.66. The van der Waals surface area contributed by atoms with E-state index in [9.17, 15) is 14.4 Å². The van der Waals surface area contributed by atoms with Crippen molar-refractivity contribution >= 4 is 29.1 Å². The van der Waals surface area contributed by atoms with Crippen LogP contribution in [0.4, 0.5) is 11.4 Å². The third kappa shape index (κ3) is 3.39. The molecular formula is C15H17N3O3. The molecule has 1 aromatic rings. The first kappa shape index (κ1) is 13.6. The summed E-state index contributed by atoms with van der Waals surface area (Å²) >= 11 is 0. The molecular weight excluding hydrogens is 270 g/mol. The number of nitrogens with one attached hydrogen (secondary N) is 3. The Balaban J connectivity index is 1.64. The van der Waals surface area contributed by atoms with E-state index in [0.717, 1.165) is 18.5 Å². The molecule has 1 unspecified atom stereocenters. The average molecular weight is 287 g/mol. The highest BCUT2D eigenvalue weighted by Gasteiger charge is 2.29. The Hall–Kier alpha value is -2.37. The molecule has 1 aromatic carbocycles. The second-order valence-corrected chi connectivity index (χ2v) is 5.49. The number of anilines is 2. The number of carbonyl (C=O) groups is 3. The summed E-state index contributed by atoms with van der Waals surface area (Å²) in [5, 5.41) is 8.27. The largest absolute Gasteiger partial charge is 0.374 e. The first-order chi connectivity index (χ1) is 10.1. The molecule has 1 saturated carbocycles. The Bertz CT molecular complexity index is 596. The molecule has 6 heteroatoms. The van der Waals surface area contributed by atoms with Gasteiger partial charge in [-0.2, -0.15) is 0 Å². The van der Waals surface area contributed by atoms with Crippen LogP contribution < -0.4 is 16.0 Å². The fraction of sp³-hybridized carbons (Fsp3) is 0.400. The standard InChI is InChI=1S/C15H17N3O3/c19-13-7-6-12(15(21)18-13)16-10-2-1-3-11(8-10)17-14(20)9-4-5-9/h1-3,8-9,12,16H,4-7H2,(H,17,20)(H,18,19,21). The van der Waals surface area contributed by atoms with Gasteiger partial charge in [0, 0.05) is 23.7 Å². The molecule has 2 aliphatic rings. The molecule has 3 amide bonds. The van der Waals surface area contributed by atoms with Gasteiger partial charge in [0.25, 0.3) is 0 Å². The van der Waals surface area contributed by atoms with Crippen LogP contribution in [0.25, 0.3) is 0 Å². The molecule has 1 aliphatic carbocycles. The third-order valence-electron chi connectivity index (χ3n) is 3.66. The molecule has 3 rings (SSSR count). The number of piperidine rings is 1. The molecule has 0 spiro atoms. The van der Waals surface area contributed by atoms with Crippen molar-refractivity contribution in [1.29, 1.82) is 0 Å². The van der Waals surface area contributed by atoms with Crippen molar-refractivity contribution in [3.63, 3.8) is 0 Å². The number of hydrogen-bond donors (Lipinski definition) is 3. The number of benzene rings is 1. The molecule has 1 aliphatic heterocycles. The lowest BCUT2D eigenvalue weighted by atomic mass is 10.1. The van der Waals surface area contributed by atoms with E-state index < -0.39 is 6.04 Å². The summed E-state index contributed by atoms with van der Waals surface area (Å²) in [6, 6.07) is 6.84. The molecule has 0 bridgehead atoms. The van der Waals surface area contributed by atoms with Gasteiger partial charge in [0.15, 0.2) is 0 Å². The van der Waals surface area contributed by atoms with Crippen LogP contribution in [-0.2, 0) is 14.4 Å².